The number of hydrogen-bond donors (Lipinski definition) is 0. The summed E-state index contributed by atoms with van der Waals surface area (Å²) in [5.41, 5.74) is 2.07. The molecule has 2 aromatic carbocycles. The minimum absolute atomic E-state index is 0.0554. The van der Waals surface area contributed by atoms with Gasteiger partial charge in [0.1, 0.15) is 5.15 Å². The van der Waals surface area contributed by atoms with Gasteiger partial charge in [0.2, 0.25) is 0 Å². The lowest BCUT2D eigenvalue weighted by Crippen LogP contribution is -2.38. The number of methoxy groups -OCH3 is 1. The number of amides is 1. The van der Waals surface area contributed by atoms with E-state index in [2.05, 4.69) is 5.10 Å². The van der Waals surface area contributed by atoms with Crippen LogP contribution in [0, 0.1) is 5.82 Å². The molecule has 154 valence electrons. The van der Waals surface area contributed by atoms with Crippen molar-refractivity contribution in [2.45, 2.75) is 13.0 Å². The molecule has 0 unspecified atom stereocenters. The maximum absolute atomic E-state index is 14.4. The molecule has 9 heteroatoms. The van der Waals surface area contributed by atoms with Crippen LogP contribution in [0.5, 0.6) is 0 Å². The molecule has 0 aliphatic carbocycles. The molecule has 4 rings (SSSR count). The van der Waals surface area contributed by atoms with Crippen molar-refractivity contribution in [3.8, 4) is 0 Å². The third-order valence-corrected chi connectivity index (χ3v) is 5.63. The summed E-state index contributed by atoms with van der Waals surface area (Å²) in [6.45, 7) is 0.516. The fraction of sp³-hybridized carbons (Fsp3) is 0.190. The van der Waals surface area contributed by atoms with Gasteiger partial charge in [-0.3, -0.25) is 4.79 Å². The molecular formula is C21H16Cl2FN3O3. The topological polar surface area (TPSA) is 64.4 Å². The van der Waals surface area contributed by atoms with E-state index in [0.29, 0.717) is 22.7 Å². The van der Waals surface area contributed by atoms with E-state index in [1.807, 2.05) is 6.07 Å². The number of fused-ring (bicyclic) bond motifs is 1. The number of hydrogen-bond acceptors (Lipinski definition) is 4. The predicted octanol–water partition coefficient (Wildman–Crippen LogP) is 4.37. The van der Waals surface area contributed by atoms with E-state index in [1.165, 1.54) is 28.8 Å². The Labute approximate surface area is 181 Å². The van der Waals surface area contributed by atoms with Gasteiger partial charge in [-0.25, -0.2) is 13.9 Å². The zero-order chi connectivity index (χ0) is 21.4. The molecule has 0 saturated carbocycles. The monoisotopic (exact) mass is 447 g/mol. The average Bonchev–Trinajstić information content (AvgIpc) is 3.07. The van der Waals surface area contributed by atoms with E-state index in [9.17, 15) is 14.0 Å². The van der Waals surface area contributed by atoms with Crippen molar-refractivity contribution in [3.05, 3.63) is 80.8 Å². The summed E-state index contributed by atoms with van der Waals surface area (Å²) >= 11 is 12.3. The number of halogens is 3. The molecule has 0 saturated heterocycles. The summed E-state index contributed by atoms with van der Waals surface area (Å²) < 4.78 is 20.7. The fourth-order valence-electron chi connectivity index (χ4n) is 3.45. The SMILES string of the molecule is COC(=O)c1cccc(Cn2nc3c(c2Cl)CCN(c2cccc(Cl)c2F)C3=O)c1. The van der Waals surface area contributed by atoms with E-state index in [-0.39, 0.29) is 29.5 Å². The van der Waals surface area contributed by atoms with Crippen LogP contribution < -0.4 is 4.90 Å². The van der Waals surface area contributed by atoms with Crippen molar-refractivity contribution < 1.29 is 18.7 Å². The molecule has 1 aromatic heterocycles. The van der Waals surface area contributed by atoms with Crippen LogP contribution in [-0.4, -0.2) is 35.3 Å². The second-order valence-corrected chi connectivity index (χ2v) is 7.51. The van der Waals surface area contributed by atoms with Crippen LogP contribution in [0.2, 0.25) is 10.2 Å². The standard InChI is InChI=1S/C21H16Cl2FN3O3/c1-30-21(29)13-5-2-4-12(10-13)11-27-19(23)14-8-9-26(20(28)18(14)25-27)16-7-3-6-15(22)17(16)24/h2-7,10H,8-9,11H2,1H3. The van der Waals surface area contributed by atoms with Crippen LogP contribution in [-0.2, 0) is 17.7 Å². The van der Waals surface area contributed by atoms with Crippen LogP contribution in [0.3, 0.4) is 0 Å². The summed E-state index contributed by atoms with van der Waals surface area (Å²) in [5, 5.41) is 4.66. The van der Waals surface area contributed by atoms with Crippen molar-refractivity contribution in [3.63, 3.8) is 0 Å². The minimum atomic E-state index is -0.652. The highest BCUT2D eigenvalue weighted by atomic mass is 35.5. The molecule has 0 fully saturated rings. The Balaban J connectivity index is 1.65. The van der Waals surface area contributed by atoms with Crippen molar-refractivity contribution in [1.29, 1.82) is 0 Å². The van der Waals surface area contributed by atoms with Crippen LogP contribution in [0.4, 0.5) is 10.1 Å². The molecule has 0 bridgehead atoms. The highest BCUT2D eigenvalue weighted by Gasteiger charge is 2.33. The Kier molecular flexibility index (Phi) is 5.49. The number of benzene rings is 2. The molecule has 3 aromatic rings. The minimum Gasteiger partial charge on any atom is -0.465 e. The Morgan fingerprint density at radius 1 is 1.23 bits per heavy atom. The summed E-state index contributed by atoms with van der Waals surface area (Å²) in [5.74, 6) is -1.54. The zero-order valence-electron chi connectivity index (χ0n) is 15.9. The number of rotatable bonds is 4. The summed E-state index contributed by atoms with van der Waals surface area (Å²) in [7, 11) is 1.31. The number of esters is 1. The van der Waals surface area contributed by atoms with E-state index in [1.54, 1.807) is 24.3 Å². The van der Waals surface area contributed by atoms with Crippen LogP contribution in [0.15, 0.2) is 42.5 Å². The maximum Gasteiger partial charge on any atom is 0.337 e. The molecule has 6 nitrogen and oxygen atoms in total. The van der Waals surface area contributed by atoms with Gasteiger partial charge in [-0.15, -0.1) is 0 Å². The number of anilines is 1. The second kappa shape index (κ2) is 8.08. The first-order valence-electron chi connectivity index (χ1n) is 9.09. The van der Waals surface area contributed by atoms with Gasteiger partial charge in [0, 0.05) is 12.1 Å². The lowest BCUT2D eigenvalue weighted by molar-refractivity contribution is 0.0600. The number of carbonyl (C=O) groups is 2. The Morgan fingerprint density at radius 3 is 2.77 bits per heavy atom. The van der Waals surface area contributed by atoms with Gasteiger partial charge in [-0.2, -0.15) is 5.10 Å². The van der Waals surface area contributed by atoms with Gasteiger partial charge in [-0.05, 0) is 36.2 Å². The average molecular weight is 448 g/mol. The Morgan fingerprint density at radius 2 is 2.00 bits per heavy atom. The molecule has 30 heavy (non-hydrogen) atoms. The molecular weight excluding hydrogens is 432 g/mol. The molecule has 2 heterocycles. The summed E-state index contributed by atoms with van der Waals surface area (Å²) in [6, 6.07) is 11.4. The highest BCUT2D eigenvalue weighted by molar-refractivity contribution is 6.32. The largest absolute Gasteiger partial charge is 0.465 e. The second-order valence-electron chi connectivity index (χ2n) is 6.75. The summed E-state index contributed by atoms with van der Waals surface area (Å²) in [4.78, 5) is 26.1. The number of carbonyl (C=O) groups excluding carboxylic acids is 2. The molecule has 0 atom stereocenters. The first kappa shape index (κ1) is 20.4. The van der Waals surface area contributed by atoms with Gasteiger partial charge >= 0.3 is 5.97 Å². The van der Waals surface area contributed by atoms with Gasteiger partial charge in [0.15, 0.2) is 11.5 Å². The van der Waals surface area contributed by atoms with Crippen molar-refractivity contribution in [2.24, 2.45) is 0 Å². The van der Waals surface area contributed by atoms with Crippen LogP contribution >= 0.6 is 23.2 Å². The Hall–Kier alpha value is -2.90. The van der Waals surface area contributed by atoms with Crippen molar-refractivity contribution in [1.82, 2.24) is 9.78 Å². The number of aromatic nitrogens is 2. The molecule has 1 aliphatic heterocycles. The van der Waals surface area contributed by atoms with E-state index in [4.69, 9.17) is 27.9 Å². The molecule has 1 aliphatic rings. The van der Waals surface area contributed by atoms with Gasteiger partial charge in [-0.1, -0.05) is 41.4 Å². The Bertz CT molecular complexity index is 1160. The third-order valence-electron chi connectivity index (χ3n) is 4.92. The number of ether oxygens (including phenoxy) is 1. The molecule has 0 spiro atoms. The van der Waals surface area contributed by atoms with Gasteiger partial charge in [0.05, 0.1) is 29.9 Å². The fourth-order valence-corrected chi connectivity index (χ4v) is 3.90. The summed E-state index contributed by atoms with van der Waals surface area (Å²) in [6.07, 6.45) is 0.425. The molecule has 0 N–H and O–H groups in total. The normalized spacial score (nSPS) is 13.3. The highest BCUT2D eigenvalue weighted by Crippen LogP contribution is 2.32. The van der Waals surface area contributed by atoms with Gasteiger partial charge < -0.3 is 9.64 Å². The maximum atomic E-state index is 14.4. The predicted molar refractivity (Wildman–Crippen MR) is 111 cm³/mol. The number of nitrogens with zero attached hydrogens (tertiary/aromatic N) is 3. The van der Waals surface area contributed by atoms with E-state index in [0.717, 1.165) is 5.56 Å². The van der Waals surface area contributed by atoms with Crippen molar-refractivity contribution >= 4 is 40.8 Å². The van der Waals surface area contributed by atoms with Crippen LogP contribution in [0.1, 0.15) is 32.0 Å². The lowest BCUT2D eigenvalue weighted by Gasteiger charge is -2.26. The third kappa shape index (κ3) is 3.55. The van der Waals surface area contributed by atoms with Crippen molar-refractivity contribution in [2.75, 3.05) is 18.6 Å². The first-order valence-corrected chi connectivity index (χ1v) is 9.84. The van der Waals surface area contributed by atoms with Gasteiger partial charge in [0.25, 0.3) is 5.91 Å². The van der Waals surface area contributed by atoms with E-state index >= 15 is 0 Å². The first-order chi connectivity index (χ1) is 14.4. The van der Waals surface area contributed by atoms with Crippen LogP contribution in [0.25, 0.3) is 0 Å². The zero-order valence-corrected chi connectivity index (χ0v) is 17.4. The molecule has 0 radical (unpaired) electrons. The van der Waals surface area contributed by atoms with E-state index < -0.39 is 17.7 Å². The smallest absolute Gasteiger partial charge is 0.337 e. The lowest BCUT2D eigenvalue weighted by atomic mass is 10.1. The molecule has 1 amide bonds. The quantitative estimate of drug-likeness (QED) is 0.557.